The number of nitrogens with two attached hydrogens (primary N) is 3. The molecule has 0 aliphatic carbocycles. The fourth-order valence-electron chi connectivity index (χ4n) is 3.66. The number of carboxylic acids is 1. The molecule has 0 radical (unpaired) electrons. The van der Waals surface area contributed by atoms with Crippen LogP contribution < -0.4 is 33.2 Å². The van der Waals surface area contributed by atoms with Crippen LogP contribution in [-0.2, 0) is 25.6 Å². The summed E-state index contributed by atoms with van der Waals surface area (Å²) in [7, 11) is 0. The maximum atomic E-state index is 13.3. The highest BCUT2D eigenvalue weighted by molar-refractivity contribution is 5.94. The van der Waals surface area contributed by atoms with Gasteiger partial charge in [-0.25, -0.2) is 9.78 Å². The Kier molecular flexibility index (Phi) is 13.8. The Hall–Kier alpha value is -3.68. The van der Waals surface area contributed by atoms with Gasteiger partial charge in [0.2, 0.25) is 17.7 Å². The molecule has 0 aliphatic heterocycles. The van der Waals surface area contributed by atoms with Gasteiger partial charge in [0, 0.05) is 24.9 Å². The predicted octanol–water partition coefficient (Wildman–Crippen LogP) is -1.04. The number of imidazole rings is 1. The average Bonchev–Trinajstić information content (AvgIpc) is 3.38. The molecule has 0 aliphatic rings. The first-order valence-corrected chi connectivity index (χ1v) is 12.8. The summed E-state index contributed by atoms with van der Waals surface area (Å²) in [6, 6.07) is -4.11. The van der Waals surface area contributed by atoms with Crippen LogP contribution in [0.15, 0.2) is 17.5 Å². The standard InChI is InChI=1S/C24H43N9O5/c1-5-13(3)18(22(36)33-19(23(37)38)14(4)6-2)32-21(35)17(8-7-9-29-24(26)27)31-20(34)16(25)10-15-11-28-12-30-15/h11-14,16-19H,5-10,25H2,1-4H3,(H,28,30)(H,31,34)(H,32,35)(H,33,36)(H,37,38)(H4,26,27,29). The number of aliphatic imine (C=N–C) groups is 1. The van der Waals surface area contributed by atoms with Crippen LogP contribution in [0.5, 0.6) is 0 Å². The molecule has 0 bridgehead atoms. The summed E-state index contributed by atoms with van der Waals surface area (Å²) in [5.41, 5.74) is 17.4. The van der Waals surface area contributed by atoms with E-state index in [1.54, 1.807) is 20.0 Å². The summed E-state index contributed by atoms with van der Waals surface area (Å²) in [6.45, 7) is 7.41. The highest BCUT2D eigenvalue weighted by Gasteiger charge is 2.34. The zero-order valence-corrected chi connectivity index (χ0v) is 22.6. The first kappa shape index (κ1) is 32.3. The van der Waals surface area contributed by atoms with Crippen LogP contribution >= 0.6 is 0 Å². The van der Waals surface area contributed by atoms with Crippen LogP contribution in [0.25, 0.3) is 0 Å². The fourth-order valence-corrected chi connectivity index (χ4v) is 3.66. The van der Waals surface area contributed by atoms with Crippen molar-refractivity contribution in [1.29, 1.82) is 0 Å². The molecule has 11 N–H and O–H groups in total. The van der Waals surface area contributed by atoms with E-state index < -0.39 is 47.9 Å². The normalized spacial score (nSPS) is 15.7. The number of carbonyl (C=O) groups is 4. The van der Waals surface area contributed by atoms with Crippen molar-refractivity contribution in [2.75, 3.05) is 6.54 Å². The van der Waals surface area contributed by atoms with E-state index >= 15 is 0 Å². The molecule has 14 nitrogen and oxygen atoms in total. The zero-order valence-electron chi connectivity index (χ0n) is 22.6. The Bertz CT molecular complexity index is 934. The Morgan fingerprint density at radius 3 is 2.13 bits per heavy atom. The summed E-state index contributed by atoms with van der Waals surface area (Å²) < 4.78 is 0. The molecule has 0 saturated heterocycles. The van der Waals surface area contributed by atoms with Gasteiger partial charge in [-0.1, -0.05) is 40.5 Å². The van der Waals surface area contributed by atoms with Crippen molar-refractivity contribution in [3.8, 4) is 0 Å². The molecule has 1 heterocycles. The number of rotatable bonds is 17. The van der Waals surface area contributed by atoms with Gasteiger partial charge in [-0.05, 0) is 24.7 Å². The number of hydrogen-bond donors (Lipinski definition) is 8. The number of H-pyrrole nitrogens is 1. The number of aromatic amines is 1. The molecule has 14 heteroatoms. The van der Waals surface area contributed by atoms with Gasteiger partial charge in [0.05, 0.1) is 12.4 Å². The van der Waals surface area contributed by atoms with Crippen LogP contribution in [0.4, 0.5) is 0 Å². The predicted molar refractivity (Wildman–Crippen MR) is 143 cm³/mol. The minimum absolute atomic E-state index is 0.0978. The number of amides is 3. The van der Waals surface area contributed by atoms with Gasteiger partial charge in [0.15, 0.2) is 5.96 Å². The van der Waals surface area contributed by atoms with Gasteiger partial charge in [-0.2, -0.15) is 0 Å². The van der Waals surface area contributed by atoms with Crippen molar-refractivity contribution in [1.82, 2.24) is 25.9 Å². The van der Waals surface area contributed by atoms with Gasteiger partial charge in [-0.15, -0.1) is 0 Å². The first-order valence-electron chi connectivity index (χ1n) is 12.8. The van der Waals surface area contributed by atoms with E-state index in [2.05, 4.69) is 30.9 Å². The summed E-state index contributed by atoms with van der Waals surface area (Å²) >= 11 is 0. The quantitative estimate of drug-likeness (QED) is 0.0686. The molecular formula is C24H43N9O5. The smallest absolute Gasteiger partial charge is 0.326 e. The molecule has 1 aromatic rings. The highest BCUT2D eigenvalue weighted by Crippen LogP contribution is 2.13. The number of nitrogens with one attached hydrogen (secondary N) is 4. The van der Waals surface area contributed by atoms with Gasteiger partial charge < -0.3 is 43.2 Å². The molecular weight excluding hydrogens is 494 g/mol. The third kappa shape index (κ3) is 10.7. The van der Waals surface area contributed by atoms with E-state index in [1.165, 1.54) is 6.33 Å². The number of aliphatic carboxylic acids is 1. The molecule has 1 aromatic heterocycles. The molecule has 0 fully saturated rings. The van der Waals surface area contributed by atoms with Crippen LogP contribution in [0.1, 0.15) is 59.1 Å². The topological polar surface area (TPSA) is 244 Å². The number of aromatic nitrogens is 2. The van der Waals surface area contributed by atoms with Gasteiger partial charge >= 0.3 is 5.97 Å². The number of nitrogens with zero attached hydrogens (tertiary/aromatic N) is 2. The van der Waals surface area contributed by atoms with Gasteiger partial charge in [0.25, 0.3) is 0 Å². The van der Waals surface area contributed by atoms with Gasteiger partial charge in [0.1, 0.15) is 18.1 Å². The lowest BCUT2D eigenvalue weighted by Crippen LogP contribution is -2.59. The monoisotopic (exact) mass is 537 g/mol. The van der Waals surface area contributed by atoms with Crippen LogP contribution in [0.2, 0.25) is 0 Å². The molecule has 214 valence electrons. The van der Waals surface area contributed by atoms with E-state index in [-0.39, 0.29) is 37.2 Å². The molecule has 1 rings (SSSR count). The van der Waals surface area contributed by atoms with Crippen molar-refractivity contribution in [2.24, 2.45) is 34.0 Å². The van der Waals surface area contributed by atoms with E-state index in [4.69, 9.17) is 17.2 Å². The molecule has 0 aromatic carbocycles. The zero-order chi connectivity index (χ0) is 28.8. The summed E-state index contributed by atoms with van der Waals surface area (Å²) in [6.07, 6.45) is 4.81. The second kappa shape index (κ2) is 16.2. The lowest BCUT2D eigenvalue weighted by molar-refractivity contribution is -0.144. The molecule has 6 unspecified atom stereocenters. The minimum atomic E-state index is -1.15. The van der Waals surface area contributed by atoms with Gasteiger partial charge in [-0.3, -0.25) is 19.4 Å². The van der Waals surface area contributed by atoms with Crippen molar-refractivity contribution in [3.63, 3.8) is 0 Å². The van der Waals surface area contributed by atoms with E-state index in [0.29, 0.717) is 25.0 Å². The second-order valence-corrected chi connectivity index (χ2v) is 9.48. The lowest BCUT2D eigenvalue weighted by Gasteiger charge is -2.29. The van der Waals surface area contributed by atoms with E-state index in [9.17, 15) is 24.3 Å². The van der Waals surface area contributed by atoms with Crippen molar-refractivity contribution in [3.05, 3.63) is 18.2 Å². The van der Waals surface area contributed by atoms with E-state index in [1.807, 2.05) is 13.8 Å². The highest BCUT2D eigenvalue weighted by atomic mass is 16.4. The Labute approximate surface area is 223 Å². The number of carbonyl (C=O) groups excluding carboxylic acids is 3. The third-order valence-corrected chi connectivity index (χ3v) is 6.48. The summed E-state index contributed by atoms with van der Waals surface area (Å²) in [4.78, 5) is 61.6. The van der Waals surface area contributed by atoms with Crippen molar-refractivity contribution < 1.29 is 24.3 Å². The molecule has 38 heavy (non-hydrogen) atoms. The SMILES string of the molecule is CCC(C)C(NC(=O)C(NC(=O)C(CCCN=C(N)N)NC(=O)C(N)Cc1cnc[nH]1)C(C)CC)C(=O)O. The largest absolute Gasteiger partial charge is 0.480 e. The van der Waals surface area contributed by atoms with Crippen LogP contribution in [0.3, 0.4) is 0 Å². The first-order chi connectivity index (χ1) is 17.9. The molecule has 6 atom stereocenters. The Balaban J connectivity index is 3.05. The number of carboxylic acid groups (broad SMARTS) is 1. The summed E-state index contributed by atoms with van der Waals surface area (Å²) in [5.74, 6) is -3.66. The third-order valence-electron chi connectivity index (χ3n) is 6.48. The average molecular weight is 538 g/mol. The fraction of sp³-hybridized carbons (Fsp3) is 0.667. The maximum Gasteiger partial charge on any atom is 0.326 e. The van der Waals surface area contributed by atoms with Crippen molar-refractivity contribution in [2.45, 2.75) is 84.0 Å². The maximum absolute atomic E-state index is 13.3. The minimum Gasteiger partial charge on any atom is -0.480 e. The molecule has 0 spiro atoms. The number of guanidine groups is 1. The summed E-state index contributed by atoms with van der Waals surface area (Å²) in [5, 5.41) is 17.5. The van der Waals surface area contributed by atoms with Crippen molar-refractivity contribution >= 4 is 29.7 Å². The molecule has 3 amide bonds. The molecule has 0 saturated carbocycles. The van der Waals surface area contributed by atoms with Crippen LogP contribution in [-0.4, -0.2) is 75.4 Å². The van der Waals surface area contributed by atoms with Crippen LogP contribution in [0, 0.1) is 11.8 Å². The number of hydrogen-bond acceptors (Lipinski definition) is 7. The Morgan fingerprint density at radius 2 is 1.61 bits per heavy atom. The lowest BCUT2D eigenvalue weighted by atomic mass is 9.95. The van der Waals surface area contributed by atoms with E-state index in [0.717, 1.165) is 0 Å². The second-order valence-electron chi connectivity index (χ2n) is 9.48. The Morgan fingerprint density at radius 1 is 1.00 bits per heavy atom.